The van der Waals surface area contributed by atoms with Gasteiger partial charge in [-0.05, 0) is 49.4 Å². The Bertz CT molecular complexity index is 810. The van der Waals surface area contributed by atoms with Gasteiger partial charge in [0.05, 0.1) is 23.9 Å². The molecule has 138 valence electrons. The highest BCUT2D eigenvalue weighted by molar-refractivity contribution is 6.01. The van der Waals surface area contributed by atoms with Crippen LogP contribution >= 0.6 is 0 Å². The first-order valence-corrected chi connectivity index (χ1v) is 9.18. The molecule has 1 N–H and O–H groups in total. The van der Waals surface area contributed by atoms with E-state index in [2.05, 4.69) is 44.8 Å². The topological polar surface area (TPSA) is 52.7 Å². The molecule has 0 spiro atoms. The van der Waals surface area contributed by atoms with E-state index in [9.17, 15) is 9.59 Å². The number of carbonyl (C=O) groups is 2. The van der Waals surface area contributed by atoms with Crippen LogP contribution < -0.4 is 5.32 Å². The molecule has 0 fully saturated rings. The summed E-state index contributed by atoms with van der Waals surface area (Å²) in [7, 11) is 0. The van der Waals surface area contributed by atoms with Crippen molar-refractivity contribution in [1.82, 2.24) is 15.1 Å². The zero-order valence-electron chi connectivity index (χ0n) is 16.1. The average molecular weight is 353 g/mol. The van der Waals surface area contributed by atoms with Crippen LogP contribution in [0.15, 0.2) is 36.1 Å². The fraction of sp³-hybridized carbons (Fsp3) is 0.429. The third kappa shape index (κ3) is 2.91. The van der Waals surface area contributed by atoms with Gasteiger partial charge in [0.2, 0.25) is 0 Å². The number of hydrogen-bond donors (Lipinski definition) is 1. The van der Waals surface area contributed by atoms with Gasteiger partial charge >= 0.3 is 6.03 Å². The molecule has 0 unspecified atom stereocenters. The molecule has 0 bridgehead atoms. The highest BCUT2D eigenvalue weighted by Gasteiger charge is 2.43. The van der Waals surface area contributed by atoms with Crippen LogP contribution in [0.1, 0.15) is 41.6 Å². The molecule has 3 rings (SSSR count). The van der Waals surface area contributed by atoms with Gasteiger partial charge < -0.3 is 10.2 Å². The maximum atomic E-state index is 13.1. The molecule has 0 saturated carbocycles. The number of rotatable bonds is 5. The second-order valence-electron chi connectivity index (χ2n) is 7.16. The van der Waals surface area contributed by atoms with Crippen molar-refractivity contribution in [2.75, 3.05) is 19.6 Å². The summed E-state index contributed by atoms with van der Waals surface area (Å²) < 4.78 is 0. The summed E-state index contributed by atoms with van der Waals surface area (Å²) in [6.45, 7) is 13.6. The summed E-state index contributed by atoms with van der Waals surface area (Å²) in [6.07, 6.45) is 2.58. The number of hydrogen-bond acceptors (Lipinski definition) is 2. The zero-order valence-corrected chi connectivity index (χ0v) is 16.1. The Morgan fingerprint density at radius 2 is 1.88 bits per heavy atom. The third-order valence-electron chi connectivity index (χ3n) is 5.30. The van der Waals surface area contributed by atoms with Gasteiger partial charge in [-0.25, -0.2) is 4.79 Å². The molecule has 0 radical (unpaired) electrons. The van der Waals surface area contributed by atoms with Crippen molar-refractivity contribution in [3.63, 3.8) is 0 Å². The van der Waals surface area contributed by atoms with Crippen molar-refractivity contribution >= 4 is 11.9 Å². The molecule has 0 aliphatic carbocycles. The number of nitrogens with one attached hydrogen (secondary N) is 1. The first-order valence-electron chi connectivity index (χ1n) is 9.18. The summed E-state index contributed by atoms with van der Waals surface area (Å²) >= 11 is 0. The number of carbonyl (C=O) groups excluding carboxylic acids is 2. The Labute approximate surface area is 155 Å². The van der Waals surface area contributed by atoms with Gasteiger partial charge in [0.25, 0.3) is 5.91 Å². The van der Waals surface area contributed by atoms with E-state index in [4.69, 9.17) is 0 Å². The Morgan fingerprint density at radius 3 is 2.54 bits per heavy atom. The highest BCUT2D eigenvalue weighted by Crippen LogP contribution is 2.37. The van der Waals surface area contributed by atoms with Crippen LogP contribution in [0.25, 0.3) is 0 Å². The van der Waals surface area contributed by atoms with E-state index in [1.165, 1.54) is 5.56 Å². The smallest absolute Gasteiger partial charge is 0.322 e. The van der Waals surface area contributed by atoms with E-state index in [0.717, 1.165) is 28.8 Å². The van der Waals surface area contributed by atoms with E-state index >= 15 is 0 Å². The second kappa shape index (κ2) is 6.98. The van der Waals surface area contributed by atoms with E-state index in [1.54, 1.807) is 11.0 Å². The SMILES string of the molecule is C=CCN1C(=O)N[C@H](c2cc(C)c(C)cc2C)C2=C1CN(CCC)C2=O. The van der Waals surface area contributed by atoms with Gasteiger partial charge in [-0.1, -0.05) is 25.1 Å². The summed E-state index contributed by atoms with van der Waals surface area (Å²) in [6, 6.07) is 3.65. The van der Waals surface area contributed by atoms with Crippen molar-refractivity contribution in [1.29, 1.82) is 0 Å². The number of benzene rings is 1. The first kappa shape index (κ1) is 18.2. The lowest BCUT2D eigenvalue weighted by Gasteiger charge is -2.33. The van der Waals surface area contributed by atoms with Crippen molar-refractivity contribution < 1.29 is 9.59 Å². The van der Waals surface area contributed by atoms with Gasteiger partial charge in [0.15, 0.2) is 0 Å². The van der Waals surface area contributed by atoms with Crippen molar-refractivity contribution in [3.05, 3.63) is 58.3 Å². The summed E-state index contributed by atoms with van der Waals surface area (Å²) in [5, 5.41) is 3.05. The maximum Gasteiger partial charge on any atom is 0.322 e. The molecule has 26 heavy (non-hydrogen) atoms. The molecule has 2 heterocycles. The van der Waals surface area contributed by atoms with Crippen LogP contribution in [0.5, 0.6) is 0 Å². The second-order valence-corrected chi connectivity index (χ2v) is 7.16. The summed E-state index contributed by atoms with van der Waals surface area (Å²) in [5.74, 6) is 0.0264. The standard InChI is InChI=1S/C21H27N3O2/c1-6-8-23-12-17-18(20(23)25)19(22-21(26)24(17)9-7-2)16-11-14(4)13(3)10-15(16)5/h7,10-11,19H,2,6,8-9,12H2,1,3-5H3,(H,22,26)/t19-/m1/s1. The van der Waals surface area contributed by atoms with Crippen LogP contribution in [-0.2, 0) is 4.79 Å². The van der Waals surface area contributed by atoms with Gasteiger partial charge in [-0.15, -0.1) is 6.58 Å². The fourth-order valence-corrected chi connectivity index (χ4v) is 3.85. The molecule has 1 aromatic carbocycles. The summed E-state index contributed by atoms with van der Waals surface area (Å²) in [4.78, 5) is 29.3. The van der Waals surface area contributed by atoms with Gasteiger partial charge in [-0.3, -0.25) is 9.69 Å². The van der Waals surface area contributed by atoms with Crippen LogP contribution in [0.2, 0.25) is 0 Å². The Morgan fingerprint density at radius 1 is 1.19 bits per heavy atom. The van der Waals surface area contributed by atoms with Gasteiger partial charge in [0.1, 0.15) is 0 Å². The Balaban J connectivity index is 2.12. The van der Waals surface area contributed by atoms with Crippen LogP contribution in [0.4, 0.5) is 4.79 Å². The normalized spacial score (nSPS) is 19.8. The maximum absolute atomic E-state index is 13.1. The number of urea groups is 1. The quantitative estimate of drug-likeness (QED) is 0.825. The summed E-state index contributed by atoms with van der Waals surface area (Å²) in [5.41, 5.74) is 5.97. The Kier molecular flexibility index (Phi) is 4.90. The predicted octanol–water partition coefficient (Wildman–Crippen LogP) is 3.37. The monoisotopic (exact) mass is 353 g/mol. The third-order valence-corrected chi connectivity index (χ3v) is 5.30. The van der Waals surface area contributed by atoms with E-state index < -0.39 is 6.04 Å². The number of nitrogens with zero attached hydrogens (tertiary/aromatic N) is 2. The largest absolute Gasteiger partial charge is 0.333 e. The molecule has 2 aliphatic rings. The molecule has 5 nitrogen and oxygen atoms in total. The van der Waals surface area contributed by atoms with E-state index in [1.807, 2.05) is 11.8 Å². The van der Waals surface area contributed by atoms with Crippen LogP contribution in [0, 0.1) is 20.8 Å². The molecule has 5 heteroatoms. The van der Waals surface area contributed by atoms with Crippen molar-refractivity contribution in [3.8, 4) is 0 Å². The average Bonchev–Trinajstić information content (AvgIpc) is 2.91. The number of aryl methyl sites for hydroxylation is 3. The van der Waals surface area contributed by atoms with E-state index in [-0.39, 0.29) is 11.9 Å². The molecule has 1 aromatic rings. The Hall–Kier alpha value is -2.56. The zero-order chi connectivity index (χ0) is 19.0. The van der Waals surface area contributed by atoms with Crippen LogP contribution in [-0.4, -0.2) is 41.4 Å². The lowest BCUT2D eigenvalue weighted by Crippen LogP contribution is -2.47. The van der Waals surface area contributed by atoms with Crippen molar-refractivity contribution in [2.45, 2.75) is 40.2 Å². The lowest BCUT2D eigenvalue weighted by molar-refractivity contribution is -0.125. The predicted molar refractivity (Wildman–Crippen MR) is 103 cm³/mol. The molecule has 0 aromatic heterocycles. The highest BCUT2D eigenvalue weighted by atomic mass is 16.2. The van der Waals surface area contributed by atoms with Crippen LogP contribution in [0.3, 0.4) is 0 Å². The fourth-order valence-electron chi connectivity index (χ4n) is 3.85. The first-order chi connectivity index (χ1) is 12.4. The molecule has 0 saturated heterocycles. The molecule has 1 atom stereocenters. The van der Waals surface area contributed by atoms with Gasteiger partial charge in [0, 0.05) is 13.1 Å². The molecular weight excluding hydrogens is 326 g/mol. The molecule has 2 aliphatic heterocycles. The number of amides is 3. The van der Waals surface area contributed by atoms with Crippen molar-refractivity contribution in [2.24, 2.45) is 0 Å². The minimum atomic E-state index is -0.396. The molecular formula is C21H27N3O2. The van der Waals surface area contributed by atoms with E-state index in [0.29, 0.717) is 25.2 Å². The van der Waals surface area contributed by atoms with Gasteiger partial charge in [-0.2, -0.15) is 0 Å². The minimum absolute atomic E-state index is 0.0264. The minimum Gasteiger partial charge on any atom is -0.333 e. The molecule has 3 amide bonds. The lowest BCUT2D eigenvalue weighted by atomic mass is 9.90.